The molecule has 1 aromatic carbocycles. The van der Waals surface area contributed by atoms with Crippen LogP contribution in [0.25, 0.3) is 10.6 Å². The predicted octanol–water partition coefficient (Wildman–Crippen LogP) is 4.44. The second-order valence-electron chi connectivity index (χ2n) is 4.58. The zero-order chi connectivity index (χ0) is 15.5. The van der Waals surface area contributed by atoms with Gasteiger partial charge in [-0.15, -0.1) is 22.7 Å². The molecule has 0 bridgehead atoms. The van der Waals surface area contributed by atoms with E-state index in [9.17, 15) is 4.79 Å². The molecule has 1 amide bonds. The molecule has 22 heavy (non-hydrogen) atoms. The molecule has 0 aliphatic carbocycles. The van der Waals surface area contributed by atoms with Crippen molar-refractivity contribution < 1.29 is 9.53 Å². The molecule has 6 heteroatoms. The second kappa shape index (κ2) is 6.29. The van der Waals surface area contributed by atoms with Crippen LogP contribution in [0.2, 0.25) is 0 Å². The van der Waals surface area contributed by atoms with Gasteiger partial charge in [0.2, 0.25) is 0 Å². The van der Waals surface area contributed by atoms with E-state index >= 15 is 0 Å². The van der Waals surface area contributed by atoms with Crippen LogP contribution in [-0.2, 0) is 0 Å². The molecule has 0 saturated carbocycles. The van der Waals surface area contributed by atoms with E-state index in [1.54, 1.807) is 42.7 Å². The van der Waals surface area contributed by atoms with Crippen molar-refractivity contribution in [2.45, 2.75) is 6.92 Å². The van der Waals surface area contributed by atoms with Crippen LogP contribution in [-0.4, -0.2) is 18.0 Å². The van der Waals surface area contributed by atoms with E-state index in [4.69, 9.17) is 4.74 Å². The maximum absolute atomic E-state index is 12.2. The SMILES string of the molecule is COc1ccc(C(=O)Nc2nc(-c3cccs3)c(C)s2)cc1. The van der Waals surface area contributed by atoms with Gasteiger partial charge in [0.1, 0.15) is 5.75 Å². The Hall–Kier alpha value is -2.18. The van der Waals surface area contributed by atoms with Crippen molar-refractivity contribution in [3.8, 4) is 16.3 Å². The Morgan fingerprint density at radius 3 is 2.64 bits per heavy atom. The third-order valence-electron chi connectivity index (χ3n) is 3.12. The van der Waals surface area contributed by atoms with Crippen LogP contribution in [0.3, 0.4) is 0 Å². The molecule has 0 spiro atoms. The summed E-state index contributed by atoms with van der Waals surface area (Å²) in [7, 11) is 1.60. The van der Waals surface area contributed by atoms with Gasteiger partial charge in [-0.3, -0.25) is 10.1 Å². The Bertz CT molecular complexity index is 777. The fraction of sp³-hybridized carbons (Fsp3) is 0.125. The molecule has 0 saturated heterocycles. The van der Waals surface area contributed by atoms with Crippen molar-refractivity contribution in [1.82, 2.24) is 4.98 Å². The van der Waals surface area contributed by atoms with E-state index in [0.717, 1.165) is 21.2 Å². The largest absolute Gasteiger partial charge is 0.497 e. The number of hydrogen-bond acceptors (Lipinski definition) is 5. The summed E-state index contributed by atoms with van der Waals surface area (Å²) < 4.78 is 5.09. The van der Waals surface area contributed by atoms with Gasteiger partial charge in [-0.05, 0) is 42.6 Å². The van der Waals surface area contributed by atoms with Crippen molar-refractivity contribution >= 4 is 33.7 Å². The Kier molecular flexibility index (Phi) is 4.22. The topological polar surface area (TPSA) is 51.2 Å². The van der Waals surface area contributed by atoms with Gasteiger partial charge in [-0.25, -0.2) is 4.98 Å². The summed E-state index contributed by atoms with van der Waals surface area (Å²) in [6, 6.07) is 11.0. The molecule has 0 radical (unpaired) electrons. The highest BCUT2D eigenvalue weighted by molar-refractivity contribution is 7.17. The van der Waals surface area contributed by atoms with E-state index in [1.807, 2.05) is 24.4 Å². The quantitative estimate of drug-likeness (QED) is 0.769. The number of thiazole rings is 1. The molecule has 0 fully saturated rings. The fourth-order valence-electron chi connectivity index (χ4n) is 2.00. The minimum absolute atomic E-state index is 0.172. The van der Waals surface area contributed by atoms with Crippen molar-refractivity contribution in [2.24, 2.45) is 0 Å². The number of carbonyl (C=O) groups excluding carboxylic acids is 1. The van der Waals surface area contributed by atoms with Gasteiger partial charge in [-0.2, -0.15) is 0 Å². The Morgan fingerprint density at radius 2 is 2.00 bits per heavy atom. The molecule has 4 nitrogen and oxygen atoms in total. The van der Waals surface area contributed by atoms with E-state index < -0.39 is 0 Å². The Labute approximate surface area is 136 Å². The van der Waals surface area contributed by atoms with Gasteiger partial charge in [0.15, 0.2) is 5.13 Å². The van der Waals surface area contributed by atoms with Gasteiger partial charge in [0.25, 0.3) is 5.91 Å². The predicted molar refractivity (Wildman–Crippen MR) is 91.1 cm³/mol. The minimum atomic E-state index is -0.172. The highest BCUT2D eigenvalue weighted by Crippen LogP contribution is 2.33. The van der Waals surface area contributed by atoms with E-state index in [1.165, 1.54) is 11.3 Å². The van der Waals surface area contributed by atoms with Crippen LogP contribution in [0.5, 0.6) is 5.75 Å². The molecule has 3 aromatic rings. The molecular formula is C16H14N2O2S2. The van der Waals surface area contributed by atoms with Crippen molar-refractivity contribution in [3.05, 3.63) is 52.2 Å². The number of nitrogens with one attached hydrogen (secondary N) is 1. The number of rotatable bonds is 4. The van der Waals surface area contributed by atoms with Crippen LogP contribution < -0.4 is 10.1 Å². The molecule has 0 aliphatic rings. The van der Waals surface area contributed by atoms with Crippen LogP contribution in [0, 0.1) is 6.92 Å². The van der Waals surface area contributed by atoms with Crippen molar-refractivity contribution in [3.63, 3.8) is 0 Å². The summed E-state index contributed by atoms with van der Waals surface area (Å²) in [6.45, 7) is 2.01. The molecule has 0 atom stereocenters. The van der Waals surface area contributed by atoms with Crippen LogP contribution in [0.15, 0.2) is 41.8 Å². The van der Waals surface area contributed by atoms with E-state index in [-0.39, 0.29) is 5.91 Å². The zero-order valence-corrected chi connectivity index (χ0v) is 13.8. The first-order chi connectivity index (χ1) is 10.7. The number of hydrogen-bond donors (Lipinski definition) is 1. The van der Waals surface area contributed by atoms with Gasteiger partial charge in [0, 0.05) is 10.4 Å². The lowest BCUT2D eigenvalue weighted by atomic mass is 10.2. The number of aryl methyl sites for hydroxylation is 1. The number of carbonyl (C=O) groups is 1. The Morgan fingerprint density at radius 1 is 1.23 bits per heavy atom. The fourth-order valence-corrected chi connectivity index (χ4v) is 3.66. The monoisotopic (exact) mass is 330 g/mol. The third kappa shape index (κ3) is 3.03. The summed E-state index contributed by atoms with van der Waals surface area (Å²) >= 11 is 3.12. The number of benzene rings is 1. The number of nitrogens with zero attached hydrogens (tertiary/aromatic N) is 1. The normalized spacial score (nSPS) is 10.5. The number of ether oxygens (including phenoxy) is 1. The first kappa shape index (κ1) is 14.7. The summed E-state index contributed by atoms with van der Waals surface area (Å²) in [5, 5.41) is 5.48. The Balaban J connectivity index is 1.78. The number of anilines is 1. The third-order valence-corrected chi connectivity index (χ3v) is 4.89. The first-order valence-electron chi connectivity index (χ1n) is 6.64. The number of amides is 1. The maximum atomic E-state index is 12.2. The molecule has 0 aliphatic heterocycles. The van der Waals surface area contributed by atoms with Crippen LogP contribution in [0.4, 0.5) is 5.13 Å². The lowest BCUT2D eigenvalue weighted by Gasteiger charge is -2.03. The lowest BCUT2D eigenvalue weighted by Crippen LogP contribution is -2.11. The molecule has 0 unspecified atom stereocenters. The average Bonchev–Trinajstić information content (AvgIpc) is 3.17. The number of aromatic nitrogens is 1. The zero-order valence-electron chi connectivity index (χ0n) is 12.1. The summed E-state index contributed by atoms with van der Waals surface area (Å²) in [5.41, 5.74) is 1.51. The van der Waals surface area contributed by atoms with Gasteiger partial charge in [0.05, 0.1) is 17.7 Å². The van der Waals surface area contributed by atoms with Crippen LogP contribution >= 0.6 is 22.7 Å². The van der Waals surface area contributed by atoms with E-state index in [0.29, 0.717) is 10.7 Å². The van der Waals surface area contributed by atoms with Gasteiger partial charge >= 0.3 is 0 Å². The lowest BCUT2D eigenvalue weighted by molar-refractivity contribution is 0.102. The average molecular weight is 330 g/mol. The van der Waals surface area contributed by atoms with Crippen molar-refractivity contribution in [1.29, 1.82) is 0 Å². The molecule has 2 aromatic heterocycles. The van der Waals surface area contributed by atoms with Gasteiger partial charge < -0.3 is 4.74 Å². The molecule has 112 valence electrons. The standard InChI is InChI=1S/C16H14N2O2S2/c1-10-14(13-4-3-9-21-13)17-16(22-10)18-15(19)11-5-7-12(20-2)8-6-11/h3-9H,1-2H3,(H,17,18,19). The maximum Gasteiger partial charge on any atom is 0.257 e. The van der Waals surface area contributed by atoms with Crippen LogP contribution in [0.1, 0.15) is 15.2 Å². The highest BCUT2D eigenvalue weighted by Gasteiger charge is 2.13. The van der Waals surface area contributed by atoms with Gasteiger partial charge in [-0.1, -0.05) is 6.07 Å². The molecule has 2 heterocycles. The number of thiophene rings is 1. The summed E-state index contributed by atoms with van der Waals surface area (Å²) in [6.07, 6.45) is 0. The molecule has 1 N–H and O–H groups in total. The second-order valence-corrected chi connectivity index (χ2v) is 6.73. The van der Waals surface area contributed by atoms with E-state index in [2.05, 4.69) is 10.3 Å². The first-order valence-corrected chi connectivity index (χ1v) is 8.33. The minimum Gasteiger partial charge on any atom is -0.497 e. The molecular weight excluding hydrogens is 316 g/mol. The smallest absolute Gasteiger partial charge is 0.257 e. The molecule has 3 rings (SSSR count). The number of methoxy groups -OCH3 is 1. The van der Waals surface area contributed by atoms with Crippen molar-refractivity contribution in [2.75, 3.05) is 12.4 Å². The summed E-state index contributed by atoms with van der Waals surface area (Å²) in [5.74, 6) is 0.552. The summed E-state index contributed by atoms with van der Waals surface area (Å²) in [4.78, 5) is 19.0. The highest BCUT2D eigenvalue weighted by atomic mass is 32.1.